The summed E-state index contributed by atoms with van der Waals surface area (Å²) in [7, 11) is 0. The Morgan fingerprint density at radius 2 is 1.77 bits per heavy atom. The van der Waals surface area contributed by atoms with E-state index in [0.717, 1.165) is 22.2 Å². The Bertz CT molecular complexity index is 1100. The molecule has 2 aliphatic heterocycles. The molecule has 0 radical (unpaired) electrons. The first-order valence-corrected chi connectivity index (χ1v) is 11.9. The van der Waals surface area contributed by atoms with Crippen LogP contribution in [0, 0.1) is 0 Å². The van der Waals surface area contributed by atoms with Gasteiger partial charge in [0.25, 0.3) is 5.91 Å². The van der Waals surface area contributed by atoms with Crippen LogP contribution in [0.3, 0.4) is 0 Å². The van der Waals surface area contributed by atoms with E-state index in [9.17, 15) is 4.79 Å². The first kappa shape index (κ1) is 21.4. The van der Waals surface area contributed by atoms with E-state index in [4.69, 9.17) is 23.2 Å². The molecule has 2 aliphatic rings. The van der Waals surface area contributed by atoms with Crippen molar-refractivity contribution in [1.82, 2.24) is 4.90 Å². The van der Waals surface area contributed by atoms with Gasteiger partial charge in [-0.2, -0.15) is 0 Å². The molecule has 154 valence electrons. The topological polar surface area (TPSA) is 35.9 Å². The summed E-state index contributed by atoms with van der Waals surface area (Å²) < 4.78 is 0. The summed E-state index contributed by atoms with van der Waals surface area (Å²) in [5.41, 5.74) is 1.75. The predicted octanol–water partition coefficient (Wildman–Crippen LogP) is 6.93. The molecule has 2 aromatic carbocycles. The van der Waals surface area contributed by atoms with Gasteiger partial charge in [0.2, 0.25) is 0 Å². The lowest BCUT2D eigenvalue weighted by molar-refractivity contribution is -0.122. The van der Waals surface area contributed by atoms with Crippen LogP contribution in [0.15, 0.2) is 74.4 Å². The number of fused-ring (bicyclic) bond motifs is 1. The number of anilines is 1. The quantitative estimate of drug-likeness (QED) is 0.448. The zero-order valence-corrected chi connectivity index (χ0v) is 19.6. The van der Waals surface area contributed by atoms with E-state index in [1.807, 2.05) is 55.5 Å². The lowest BCUT2D eigenvalue weighted by Crippen LogP contribution is -2.28. The molecule has 1 saturated heterocycles. The number of hydrogen-bond acceptors (Lipinski definition) is 5. The normalized spacial score (nSPS) is 20.1. The van der Waals surface area contributed by atoms with Crippen molar-refractivity contribution in [2.45, 2.75) is 18.7 Å². The largest absolute Gasteiger partial charge is 0.335 e. The fraction of sp³-hybridized carbons (Fsp3) is 0.182. The van der Waals surface area contributed by atoms with E-state index in [1.54, 1.807) is 22.7 Å². The smallest absolute Gasteiger partial charge is 0.266 e. The number of carbonyl (C=O) groups is 1. The second-order valence-electron chi connectivity index (χ2n) is 6.49. The number of aliphatic imine (C=N–C) groups is 1. The number of amides is 1. The Morgan fingerprint density at radius 1 is 1.00 bits per heavy atom. The standard InChI is InChI=1S/C22H19Cl2N3OS2/c1-3-26-17-13-14(23)9-10-18(17)29-20(26)12-11-19-21(28)27(4-2)22(30-19)25-16-8-6-5-7-15(16)24/h5-13H,3-4H2,1-2H3. The summed E-state index contributed by atoms with van der Waals surface area (Å²) >= 11 is 15.5. The number of rotatable bonds is 4. The van der Waals surface area contributed by atoms with Gasteiger partial charge >= 0.3 is 0 Å². The molecule has 1 amide bonds. The summed E-state index contributed by atoms with van der Waals surface area (Å²) in [6.07, 6.45) is 3.87. The molecular formula is C22H19Cl2N3OS2. The Hall–Kier alpha value is -1.86. The molecule has 0 aromatic heterocycles. The van der Waals surface area contributed by atoms with Crippen LogP contribution >= 0.6 is 46.7 Å². The summed E-state index contributed by atoms with van der Waals surface area (Å²) in [4.78, 5) is 23.2. The highest BCUT2D eigenvalue weighted by molar-refractivity contribution is 8.18. The monoisotopic (exact) mass is 475 g/mol. The zero-order chi connectivity index (χ0) is 21.3. The van der Waals surface area contributed by atoms with Gasteiger partial charge in [-0.05, 0) is 68.1 Å². The Labute approximate surface area is 194 Å². The van der Waals surface area contributed by atoms with Crippen LogP contribution in [-0.4, -0.2) is 29.1 Å². The minimum Gasteiger partial charge on any atom is -0.335 e. The van der Waals surface area contributed by atoms with E-state index in [-0.39, 0.29) is 5.91 Å². The van der Waals surface area contributed by atoms with E-state index in [0.29, 0.717) is 32.4 Å². The first-order chi connectivity index (χ1) is 14.5. The molecule has 0 saturated carbocycles. The number of amidine groups is 1. The van der Waals surface area contributed by atoms with Crippen molar-refractivity contribution in [1.29, 1.82) is 0 Å². The highest BCUT2D eigenvalue weighted by Crippen LogP contribution is 2.47. The van der Waals surface area contributed by atoms with Crippen molar-refractivity contribution < 1.29 is 4.79 Å². The highest BCUT2D eigenvalue weighted by atomic mass is 35.5. The van der Waals surface area contributed by atoms with Gasteiger partial charge < -0.3 is 4.90 Å². The number of carbonyl (C=O) groups excluding carboxylic acids is 1. The lowest BCUT2D eigenvalue weighted by Gasteiger charge is -2.17. The summed E-state index contributed by atoms with van der Waals surface area (Å²) in [6, 6.07) is 13.3. The molecule has 0 unspecified atom stereocenters. The van der Waals surface area contributed by atoms with Crippen LogP contribution in [0.4, 0.5) is 11.4 Å². The number of likely N-dealkylation sites (N-methyl/N-ethyl adjacent to an activating group) is 1. The summed E-state index contributed by atoms with van der Waals surface area (Å²) in [5.74, 6) is -0.0447. The van der Waals surface area contributed by atoms with Gasteiger partial charge in [-0.3, -0.25) is 9.69 Å². The molecule has 0 bridgehead atoms. The molecule has 2 aromatic rings. The number of nitrogens with zero attached hydrogens (tertiary/aromatic N) is 3. The third-order valence-electron chi connectivity index (χ3n) is 4.66. The number of halogens is 2. The zero-order valence-electron chi connectivity index (χ0n) is 16.4. The first-order valence-electron chi connectivity index (χ1n) is 9.51. The van der Waals surface area contributed by atoms with E-state index < -0.39 is 0 Å². The molecule has 2 heterocycles. The van der Waals surface area contributed by atoms with Crippen LogP contribution in [0.1, 0.15) is 13.8 Å². The van der Waals surface area contributed by atoms with Gasteiger partial charge in [-0.25, -0.2) is 4.99 Å². The average molecular weight is 476 g/mol. The van der Waals surface area contributed by atoms with Crippen LogP contribution in [-0.2, 0) is 4.79 Å². The van der Waals surface area contributed by atoms with Gasteiger partial charge in [0.05, 0.1) is 26.3 Å². The van der Waals surface area contributed by atoms with E-state index >= 15 is 0 Å². The molecule has 1 fully saturated rings. The van der Waals surface area contributed by atoms with Crippen molar-refractivity contribution in [2.75, 3.05) is 18.0 Å². The van der Waals surface area contributed by atoms with Crippen molar-refractivity contribution >= 4 is 69.2 Å². The minimum atomic E-state index is -0.0447. The number of thioether (sulfide) groups is 2. The van der Waals surface area contributed by atoms with E-state index in [2.05, 4.69) is 16.8 Å². The molecule has 0 N–H and O–H groups in total. The third-order valence-corrected chi connectivity index (χ3v) is 7.37. The highest BCUT2D eigenvalue weighted by Gasteiger charge is 2.32. The molecule has 30 heavy (non-hydrogen) atoms. The molecule has 0 aliphatic carbocycles. The number of para-hydroxylation sites is 1. The van der Waals surface area contributed by atoms with Gasteiger partial charge in [0.15, 0.2) is 5.17 Å². The van der Waals surface area contributed by atoms with Crippen LogP contribution < -0.4 is 4.90 Å². The Morgan fingerprint density at radius 3 is 2.50 bits per heavy atom. The number of benzene rings is 2. The summed E-state index contributed by atoms with van der Waals surface area (Å²) in [5, 5.41) is 2.98. The summed E-state index contributed by atoms with van der Waals surface area (Å²) in [6.45, 7) is 5.40. The lowest BCUT2D eigenvalue weighted by atomic mass is 10.3. The fourth-order valence-electron chi connectivity index (χ4n) is 3.20. The molecule has 4 nitrogen and oxygen atoms in total. The predicted molar refractivity (Wildman–Crippen MR) is 130 cm³/mol. The number of hydrogen-bond donors (Lipinski definition) is 0. The van der Waals surface area contributed by atoms with E-state index in [1.165, 1.54) is 11.8 Å². The molecule has 4 rings (SSSR count). The minimum absolute atomic E-state index is 0.0447. The number of allylic oxidation sites excluding steroid dienone is 2. The van der Waals surface area contributed by atoms with Crippen molar-refractivity contribution in [3.63, 3.8) is 0 Å². The van der Waals surface area contributed by atoms with Crippen LogP contribution in [0.2, 0.25) is 10.0 Å². The molecular weight excluding hydrogens is 457 g/mol. The molecule has 8 heteroatoms. The van der Waals surface area contributed by atoms with Gasteiger partial charge in [0.1, 0.15) is 0 Å². The van der Waals surface area contributed by atoms with Crippen molar-refractivity contribution in [3.05, 3.63) is 74.6 Å². The average Bonchev–Trinajstić information content (AvgIpc) is 3.23. The molecule has 0 spiro atoms. The molecule has 0 atom stereocenters. The maximum absolute atomic E-state index is 12.9. The van der Waals surface area contributed by atoms with Crippen LogP contribution in [0.25, 0.3) is 0 Å². The Balaban J connectivity index is 1.63. The third kappa shape index (κ3) is 4.14. The van der Waals surface area contributed by atoms with Crippen LogP contribution in [0.5, 0.6) is 0 Å². The van der Waals surface area contributed by atoms with Crippen molar-refractivity contribution in [2.24, 2.45) is 4.99 Å². The Kier molecular flexibility index (Phi) is 6.48. The van der Waals surface area contributed by atoms with Crippen molar-refractivity contribution in [3.8, 4) is 0 Å². The van der Waals surface area contributed by atoms with Gasteiger partial charge in [-0.15, -0.1) is 0 Å². The fourth-order valence-corrected chi connectivity index (χ4v) is 5.65. The maximum atomic E-state index is 12.9. The van der Waals surface area contributed by atoms with Gasteiger partial charge in [-0.1, -0.05) is 47.1 Å². The second kappa shape index (κ2) is 9.10. The maximum Gasteiger partial charge on any atom is 0.266 e. The SMILES string of the molecule is CCN1C(=O)C(=CC=C2Sc3ccc(Cl)cc3N2CC)SC1=Nc1ccccc1Cl. The van der Waals surface area contributed by atoms with Gasteiger partial charge in [0, 0.05) is 23.0 Å². The second-order valence-corrected chi connectivity index (χ2v) is 9.41.